The van der Waals surface area contributed by atoms with E-state index in [1.165, 1.54) is 16.0 Å². The van der Waals surface area contributed by atoms with Gasteiger partial charge in [0.2, 0.25) is 17.8 Å². The number of anilines is 2. The smallest absolute Gasteiger partial charge is 0.260 e. The number of carbonyl (C=O) groups excluding carboxylic acids is 2. The lowest BCUT2D eigenvalue weighted by Gasteiger charge is -2.31. The molecule has 2 aromatic carbocycles. The van der Waals surface area contributed by atoms with E-state index >= 15 is 0 Å². The van der Waals surface area contributed by atoms with Crippen molar-refractivity contribution in [1.29, 1.82) is 0 Å². The van der Waals surface area contributed by atoms with E-state index in [1.54, 1.807) is 0 Å². The van der Waals surface area contributed by atoms with Gasteiger partial charge in [0.05, 0.1) is 23.9 Å². The summed E-state index contributed by atoms with van der Waals surface area (Å²) in [6.45, 7) is 2.07. The minimum absolute atomic E-state index is 0.0390. The molecule has 2 aliphatic heterocycles. The number of aryl methyl sites for hydroxylation is 1. The van der Waals surface area contributed by atoms with Crippen LogP contribution < -0.4 is 10.2 Å². The minimum Gasteiger partial charge on any atom is -0.347 e. The van der Waals surface area contributed by atoms with Crippen molar-refractivity contribution in [3.63, 3.8) is 0 Å². The summed E-state index contributed by atoms with van der Waals surface area (Å²) < 4.78 is 1.83. The zero-order valence-corrected chi connectivity index (χ0v) is 18.4. The Kier molecular flexibility index (Phi) is 4.64. The molecule has 3 aromatic rings. The molecular weight excluding hydrogens is 414 g/mol. The van der Waals surface area contributed by atoms with Gasteiger partial charge in [-0.1, -0.05) is 72.3 Å². The second-order valence-corrected chi connectivity index (χ2v) is 9.12. The summed E-state index contributed by atoms with van der Waals surface area (Å²) in [5.74, 6) is -0.244. The van der Waals surface area contributed by atoms with E-state index in [4.69, 9.17) is 5.10 Å². The summed E-state index contributed by atoms with van der Waals surface area (Å²) in [5.41, 5.74) is 3.50. The fourth-order valence-corrected chi connectivity index (χ4v) is 5.23. The van der Waals surface area contributed by atoms with Gasteiger partial charge in [-0.2, -0.15) is 4.98 Å². The summed E-state index contributed by atoms with van der Waals surface area (Å²) in [6, 6.07) is 18.6. The van der Waals surface area contributed by atoms with Crippen LogP contribution in [0.2, 0.25) is 0 Å². The average molecular weight is 440 g/mol. The lowest BCUT2D eigenvalue weighted by molar-refractivity contribution is -0.122. The van der Waals surface area contributed by atoms with Crippen LogP contribution in [0.25, 0.3) is 0 Å². The van der Waals surface area contributed by atoms with E-state index in [2.05, 4.69) is 53.6 Å². The highest BCUT2D eigenvalue weighted by molar-refractivity contribution is 6.21. The Morgan fingerprint density at radius 1 is 0.879 bits per heavy atom. The Morgan fingerprint density at radius 2 is 1.55 bits per heavy atom. The maximum absolute atomic E-state index is 13.1. The third kappa shape index (κ3) is 3.26. The van der Waals surface area contributed by atoms with Crippen LogP contribution in [-0.2, 0) is 9.59 Å². The first kappa shape index (κ1) is 19.9. The van der Waals surface area contributed by atoms with Crippen LogP contribution in [0.3, 0.4) is 0 Å². The van der Waals surface area contributed by atoms with Crippen molar-refractivity contribution in [3.8, 4) is 0 Å². The normalized spacial score (nSPS) is 26.2. The molecule has 1 saturated heterocycles. The van der Waals surface area contributed by atoms with Gasteiger partial charge in [-0.15, -0.1) is 5.10 Å². The van der Waals surface area contributed by atoms with Gasteiger partial charge in [0.1, 0.15) is 0 Å². The van der Waals surface area contributed by atoms with Crippen molar-refractivity contribution in [2.45, 2.75) is 38.3 Å². The molecule has 0 radical (unpaired) electrons. The van der Waals surface area contributed by atoms with Gasteiger partial charge in [0.15, 0.2) is 0 Å². The topological polar surface area (TPSA) is 80.1 Å². The van der Waals surface area contributed by atoms with Crippen LogP contribution >= 0.6 is 0 Å². The molecule has 4 atom stereocenters. The van der Waals surface area contributed by atoms with Gasteiger partial charge < -0.3 is 5.32 Å². The summed E-state index contributed by atoms with van der Waals surface area (Å²) in [4.78, 5) is 32.1. The van der Waals surface area contributed by atoms with Crippen LogP contribution in [0.15, 0.2) is 66.7 Å². The lowest BCUT2D eigenvalue weighted by Crippen LogP contribution is -2.32. The van der Waals surface area contributed by atoms with E-state index in [0.717, 1.165) is 12.0 Å². The standard InChI is InChI=1S/C26H25N5O2/c1-16-11-13-17(14-12-16)21-15-22(18-7-3-2-4-8-18)31-25(27-21)28-26(29-31)30-23(32)19-9-5-6-10-20(19)24(30)33/h2-8,11-14,19-22H,9-10,15H2,1H3,(H,27,28,29)/t19-,20+,21-,22-/m0/s1. The zero-order valence-electron chi connectivity index (χ0n) is 18.4. The average Bonchev–Trinajstić information content (AvgIpc) is 3.38. The summed E-state index contributed by atoms with van der Waals surface area (Å²) in [7, 11) is 0. The van der Waals surface area contributed by atoms with Gasteiger partial charge in [-0.25, -0.2) is 9.58 Å². The highest BCUT2D eigenvalue weighted by Crippen LogP contribution is 2.41. The molecule has 33 heavy (non-hydrogen) atoms. The Balaban J connectivity index is 1.40. The summed E-state index contributed by atoms with van der Waals surface area (Å²) in [5, 5.41) is 8.19. The van der Waals surface area contributed by atoms with Crippen molar-refractivity contribution in [2.24, 2.45) is 11.8 Å². The van der Waals surface area contributed by atoms with Gasteiger partial charge in [0, 0.05) is 0 Å². The number of imide groups is 1. The summed E-state index contributed by atoms with van der Waals surface area (Å²) >= 11 is 0. The number of amides is 2. The maximum Gasteiger partial charge on any atom is 0.260 e. The molecule has 1 N–H and O–H groups in total. The highest BCUT2D eigenvalue weighted by atomic mass is 16.2. The van der Waals surface area contributed by atoms with Crippen molar-refractivity contribution < 1.29 is 9.59 Å². The van der Waals surface area contributed by atoms with E-state index in [0.29, 0.717) is 18.8 Å². The molecule has 1 aliphatic carbocycles. The van der Waals surface area contributed by atoms with Crippen LogP contribution in [0, 0.1) is 18.8 Å². The fraction of sp³-hybridized carbons (Fsp3) is 0.308. The molecule has 0 spiro atoms. The molecule has 166 valence electrons. The van der Waals surface area contributed by atoms with Crippen molar-refractivity contribution in [2.75, 3.05) is 10.2 Å². The third-order valence-corrected chi connectivity index (χ3v) is 7.05. The van der Waals surface area contributed by atoms with Crippen LogP contribution in [0.4, 0.5) is 11.9 Å². The van der Waals surface area contributed by atoms with Gasteiger partial charge in [-0.3, -0.25) is 9.59 Å². The molecule has 6 rings (SSSR count). The second kappa shape index (κ2) is 7.69. The number of benzene rings is 2. The van der Waals surface area contributed by atoms with E-state index in [1.807, 2.05) is 35.0 Å². The van der Waals surface area contributed by atoms with Crippen molar-refractivity contribution in [3.05, 3.63) is 83.4 Å². The molecule has 1 aromatic heterocycles. The first-order valence-corrected chi connectivity index (χ1v) is 11.5. The SMILES string of the molecule is Cc1ccc([C@@H]2C[C@@H](c3ccccc3)n3nc(N4C(=O)[C@H]5CC=CC[C@H]5C4=O)nc3N2)cc1. The Hall–Kier alpha value is -3.74. The molecule has 3 heterocycles. The van der Waals surface area contributed by atoms with Gasteiger partial charge >= 0.3 is 0 Å². The monoisotopic (exact) mass is 439 g/mol. The molecule has 3 aliphatic rings. The molecular formula is C26H25N5O2. The minimum atomic E-state index is -0.304. The van der Waals surface area contributed by atoms with E-state index < -0.39 is 0 Å². The van der Waals surface area contributed by atoms with Crippen LogP contribution in [-0.4, -0.2) is 26.6 Å². The Bertz CT molecular complexity index is 1220. The number of hydrogen-bond acceptors (Lipinski definition) is 5. The summed E-state index contributed by atoms with van der Waals surface area (Å²) in [6.07, 6.45) is 5.95. The van der Waals surface area contributed by atoms with Crippen molar-refractivity contribution in [1.82, 2.24) is 14.8 Å². The van der Waals surface area contributed by atoms with Gasteiger partial charge in [-0.05, 0) is 37.3 Å². The predicted molar refractivity (Wildman–Crippen MR) is 125 cm³/mol. The predicted octanol–water partition coefficient (Wildman–Crippen LogP) is 4.19. The molecule has 0 bridgehead atoms. The number of aromatic nitrogens is 3. The number of carbonyl (C=O) groups is 2. The number of nitrogens with one attached hydrogen (secondary N) is 1. The van der Waals surface area contributed by atoms with Gasteiger partial charge in [0.25, 0.3) is 5.95 Å². The lowest BCUT2D eigenvalue weighted by atomic mass is 9.85. The molecule has 0 saturated carbocycles. The number of nitrogens with zero attached hydrogens (tertiary/aromatic N) is 4. The largest absolute Gasteiger partial charge is 0.347 e. The van der Waals surface area contributed by atoms with Crippen LogP contribution in [0.1, 0.15) is 48.0 Å². The molecule has 1 fully saturated rings. The number of fused-ring (bicyclic) bond motifs is 2. The van der Waals surface area contributed by atoms with Crippen molar-refractivity contribution >= 4 is 23.7 Å². The molecule has 7 heteroatoms. The zero-order chi connectivity index (χ0) is 22.5. The second-order valence-electron chi connectivity index (χ2n) is 9.12. The molecule has 7 nitrogen and oxygen atoms in total. The van der Waals surface area contributed by atoms with E-state index in [-0.39, 0.29) is 41.7 Å². The number of hydrogen-bond donors (Lipinski definition) is 1. The first-order chi connectivity index (χ1) is 16.1. The number of allylic oxidation sites excluding steroid dienone is 2. The highest BCUT2D eigenvalue weighted by Gasteiger charge is 2.49. The Labute approximate surface area is 192 Å². The Morgan fingerprint density at radius 3 is 2.21 bits per heavy atom. The number of rotatable bonds is 3. The third-order valence-electron chi connectivity index (χ3n) is 7.05. The van der Waals surface area contributed by atoms with Crippen LogP contribution in [0.5, 0.6) is 0 Å². The quantitative estimate of drug-likeness (QED) is 0.489. The first-order valence-electron chi connectivity index (χ1n) is 11.5. The molecule has 2 amide bonds. The maximum atomic E-state index is 13.1. The van der Waals surface area contributed by atoms with E-state index in [9.17, 15) is 9.59 Å². The molecule has 0 unspecified atom stereocenters. The fourth-order valence-electron chi connectivity index (χ4n) is 5.23.